The number of esters is 1. The highest BCUT2D eigenvalue weighted by atomic mass is 16.5. The van der Waals surface area contributed by atoms with Crippen LogP contribution in [0.4, 0.5) is 0 Å². The number of nitrogens with zero attached hydrogens (tertiary/aromatic N) is 1. The molecule has 2 aliphatic rings. The van der Waals surface area contributed by atoms with Gasteiger partial charge in [-0.3, -0.25) is 9.69 Å². The van der Waals surface area contributed by atoms with Crippen molar-refractivity contribution in [1.29, 1.82) is 0 Å². The molecule has 2 heterocycles. The van der Waals surface area contributed by atoms with Crippen LogP contribution in [0, 0.1) is 0 Å². The van der Waals surface area contributed by atoms with E-state index < -0.39 is 0 Å². The zero-order valence-electron chi connectivity index (χ0n) is 6.58. The van der Waals surface area contributed by atoms with Crippen molar-refractivity contribution >= 4 is 5.97 Å². The van der Waals surface area contributed by atoms with Gasteiger partial charge in [0.2, 0.25) is 0 Å². The van der Waals surface area contributed by atoms with Crippen molar-refractivity contribution in [3.63, 3.8) is 0 Å². The lowest BCUT2D eigenvalue weighted by Gasteiger charge is -2.19. The molecule has 0 amide bonds. The lowest BCUT2D eigenvalue weighted by molar-refractivity contribution is -0.137. The van der Waals surface area contributed by atoms with Gasteiger partial charge in [-0.2, -0.15) is 0 Å². The zero-order valence-corrected chi connectivity index (χ0v) is 6.58. The van der Waals surface area contributed by atoms with Gasteiger partial charge in [-0.05, 0) is 25.9 Å². The summed E-state index contributed by atoms with van der Waals surface area (Å²) in [5, 5.41) is 0. The molecule has 0 saturated carbocycles. The first-order chi connectivity index (χ1) is 5.36. The fraction of sp³-hybridized carbons (Fsp3) is 0.875. The molecule has 0 aromatic carbocycles. The number of carbonyl (C=O) groups is 1. The van der Waals surface area contributed by atoms with E-state index in [9.17, 15) is 4.79 Å². The van der Waals surface area contributed by atoms with Gasteiger partial charge in [0.25, 0.3) is 0 Å². The Balaban J connectivity index is 1.90. The molecule has 0 radical (unpaired) electrons. The molecular formula is C8H13NO2. The smallest absolute Gasteiger partial charge is 0.307 e. The van der Waals surface area contributed by atoms with Gasteiger partial charge in [-0.1, -0.05) is 0 Å². The molecule has 0 aromatic heterocycles. The van der Waals surface area contributed by atoms with Gasteiger partial charge >= 0.3 is 5.97 Å². The summed E-state index contributed by atoms with van der Waals surface area (Å²) >= 11 is 0. The minimum absolute atomic E-state index is 0.0260. The van der Waals surface area contributed by atoms with Gasteiger partial charge in [0.1, 0.15) is 6.61 Å². The van der Waals surface area contributed by atoms with E-state index in [1.807, 2.05) is 0 Å². The third-order valence-corrected chi connectivity index (χ3v) is 2.50. The van der Waals surface area contributed by atoms with Gasteiger partial charge in [0.05, 0.1) is 12.5 Å². The highest BCUT2D eigenvalue weighted by Gasteiger charge is 2.30. The monoisotopic (exact) mass is 155 g/mol. The second-order valence-electron chi connectivity index (χ2n) is 3.28. The van der Waals surface area contributed by atoms with Crippen LogP contribution in [0.25, 0.3) is 0 Å². The average molecular weight is 155 g/mol. The Hall–Kier alpha value is -0.570. The second-order valence-corrected chi connectivity index (χ2v) is 3.28. The molecule has 2 saturated heterocycles. The molecule has 0 bridgehead atoms. The van der Waals surface area contributed by atoms with E-state index in [2.05, 4.69) is 4.90 Å². The normalized spacial score (nSPS) is 32.7. The molecule has 0 aromatic rings. The Kier molecular flexibility index (Phi) is 1.82. The van der Waals surface area contributed by atoms with Crippen molar-refractivity contribution in [2.45, 2.75) is 25.3 Å². The first-order valence-electron chi connectivity index (χ1n) is 4.26. The Morgan fingerprint density at radius 1 is 1.36 bits per heavy atom. The Bertz CT molecular complexity index is 163. The molecule has 0 N–H and O–H groups in total. The first-order valence-corrected chi connectivity index (χ1v) is 4.26. The van der Waals surface area contributed by atoms with Crippen LogP contribution >= 0.6 is 0 Å². The third kappa shape index (κ3) is 1.38. The topological polar surface area (TPSA) is 29.5 Å². The van der Waals surface area contributed by atoms with Crippen LogP contribution in [0.3, 0.4) is 0 Å². The Morgan fingerprint density at radius 3 is 2.64 bits per heavy atom. The second kappa shape index (κ2) is 2.81. The Morgan fingerprint density at radius 2 is 2.09 bits per heavy atom. The molecule has 0 spiro atoms. The fourth-order valence-corrected chi connectivity index (χ4v) is 1.84. The summed E-state index contributed by atoms with van der Waals surface area (Å²) in [5.74, 6) is -0.0260. The van der Waals surface area contributed by atoms with Crippen LogP contribution in [0.5, 0.6) is 0 Å². The number of cyclic esters (lactones) is 1. The standard InChI is InChI=1S/C8H13NO2/c10-8-5-7(6-11-8)9-3-1-2-4-9/h7H,1-6H2. The quantitative estimate of drug-likeness (QED) is 0.513. The predicted molar refractivity (Wildman–Crippen MR) is 40.2 cm³/mol. The highest BCUT2D eigenvalue weighted by Crippen LogP contribution is 2.18. The van der Waals surface area contributed by atoms with Crippen LogP contribution in [-0.4, -0.2) is 36.6 Å². The summed E-state index contributed by atoms with van der Waals surface area (Å²) in [4.78, 5) is 13.1. The summed E-state index contributed by atoms with van der Waals surface area (Å²) in [6.45, 7) is 2.93. The van der Waals surface area contributed by atoms with Crippen molar-refractivity contribution in [1.82, 2.24) is 4.90 Å². The zero-order chi connectivity index (χ0) is 7.68. The van der Waals surface area contributed by atoms with Gasteiger partial charge in [0, 0.05) is 0 Å². The van der Waals surface area contributed by atoms with E-state index in [-0.39, 0.29) is 5.97 Å². The number of ether oxygens (including phenoxy) is 1. The minimum atomic E-state index is -0.0260. The minimum Gasteiger partial charge on any atom is -0.464 e. The Labute approximate surface area is 66.3 Å². The number of likely N-dealkylation sites (tertiary alicyclic amines) is 1. The third-order valence-electron chi connectivity index (χ3n) is 2.50. The van der Waals surface area contributed by atoms with E-state index in [1.165, 1.54) is 12.8 Å². The molecule has 3 nitrogen and oxygen atoms in total. The van der Waals surface area contributed by atoms with Gasteiger partial charge in [0.15, 0.2) is 0 Å². The summed E-state index contributed by atoms with van der Waals surface area (Å²) in [6, 6.07) is 0.394. The summed E-state index contributed by atoms with van der Waals surface area (Å²) in [5.41, 5.74) is 0. The maximum Gasteiger partial charge on any atom is 0.307 e. The maximum atomic E-state index is 10.8. The molecule has 1 atom stereocenters. The van der Waals surface area contributed by atoms with Crippen LogP contribution in [0.2, 0.25) is 0 Å². The van der Waals surface area contributed by atoms with Crippen molar-refractivity contribution < 1.29 is 9.53 Å². The first kappa shape index (κ1) is 7.10. The fourth-order valence-electron chi connectivity index (χ4n) is 1.84. The maximum absolute atomic E-state index is 10.8. The van der Waals surface area contributed by atoms with Crippen molar-refractivity contribution in [3.05, 3.63) is 0 Å². The van der Waals surface area contributed by atoms with Crippen LogP contribution < -0.4 is 0 Å². The van der Waals surface area contributed by atoms with Crippen LogP contribution in [0.15, 0.2) is 0 Å². The molecule has 62 valence electrons. The molecule has 2 aliphatic heterocycles. The number of rotatable bonds is 1. The SMILES string of the molecule is O=C1CC(N2CCCC2)CO1. The van der Waals surface area contributed by atoms with Crippen LogP contribution in [0.1, 0.15) is 19.3 Å². The molecule has 11 heavy (non-hydrogen) atoms. The van der Waals surface area contributed by atoms with E-state index >= 15 is 0 Å². The van der Waals surface area contributed by atoms with Gasteiger partial charge < -0.3 is 4.74 Å². The summed E-state index contributed by atoms with van der Waals surface area (Å²) in [7, 11) is 0. The molecule has 0 aliphatic carbocycles. The summed E-state index contributed by atoms with van der Waals surface area (Å²) in [6.07, 6.45) is 3.18. The summed E-state index contributed by atoms with van der Waals surface area (Å²) < 4.78 is 4.90. The lowest BCUT2D eigenvalue weighted by Crippen LogP contribution is -2.32. The van der Waals surface area contributed by atoms with E-state index in [0.717, 1.165) is 13.1 Å². The predicted octanol–water partition coefficient (Wildman–Crippen LogP) is 0.398. The average Bonchev–Trinajstić information content (AvgIpc) is 2.55. The molecule has 1 unspecified atom stereocenters. The molecule has 2 fully saturated rings. The molecule has 2 rings (SSSR count). The van der Waals surface area contributed by atoms with Crippen LogP contribution in [-0.2, 0) is 9.53 Å². The number of carbonyl (C=O) groups excluding carboxylic acids is 1. The lowest BCUT2D eigenvalue weighted by atomic mass is 10.2. The van der Waals surface area contributed by atoms with E-state index in [0.29, 0.717) is 19.1 Å². The van der Waals surface area contributed by atoms with E-state index in [1.54, 1.807) is 0 Å². The number of hydrogen-bond donors (Lipinski definition) is 0. The van der Waals surface area contributed by atoms with Gasteiger partial charge in [-0.25, -0.2) is 0 Å². The number of hydrogen-bond acceptors (Lipinski definition) is 3. The van der Waals surface area contributed by atoms with E-state index in [4.69, 9.17) is 4.74 Å². The van der Waals surface area contributed by atoms with Crippen molar-refractivity contribution in [3.8, 4) is 0 Å². The highest BCUT2D eigenvalue weighted by molar-refractivity contribution is 5.72. The van der Waals surface area contributed by atoms with Gasteiger partial charge in [-0.15, -0.1) is 0 Å². The molecule has 3 heteroatoms. The van der Waals surface area contributed by atoms with Crippen molar-refractivity contribution in [2.24, 2.45) is 0 Å². The molecular weight excluding hydrogens is 142 g/mol. The van der Waals surface area contributed by atoms with Crippen molar-refractivity contribution in [2.75, 3.05) is 19.7 Å². The largest absolute Gasteiger partial charge is 0.464 e.